The maximum atomic E-state index is 13.0. The summed E-state index contributed by atoms with van der Waals surface area (Å²) in [6.45, 7) is 1.36. The van der Waals surface area contributed by atoms with Crippen molar-refractivity contribution in [1.29, 1.82) is 0 Å². The van der Waals surface area contributed by atoms with Gasteiger partial charge in [-0.15, -0.1) is 0 Å². The summed E-state index contributed by atoms with van der Waals surface area (Å²) < 4.78 is 5.12. The number of hydrogen-bond acceptors (Lipinski definition) is 5. The first-order valence-corrected chi connectivity index (χ1v) is 11.1. The first-order chi connectivity index (χ1) is 15.8. The number of allylic oxidation sites excluding steroid dienone is 2. The number of carbonyl (C=O) groups is 4. The van der Waals surface area contributed by atoms with Crippen LogP contribution in [0, 0.1) is 30.6 Å². The van der Waals surface area contributed by atoms with E-state index in [0.29, 0.717) is 16.4 Å². The lowest BCUT2D eigenvalue weighted by Crippen LogP contribution is -2.33. The summed E-state index contributed by atoms with van der Waals surface area (Å²) in [4.78, 5) is 51.8. The maximum absolute atomic E-state index is 13.0. The van der Waals surface area contributed by atoms with E-state index in [0.717, 1.165) is 12.0 Å². The predicted octanol–water partition coefficient (Wildman–Crippen LogP) is 3.76. The predicted molar refractivity (Wildman–Crippen MR) is 122 cm³/mol. The number of hydrogen-bond donors (Lipinski definition) is 1. The molecule has 5 rings (SSSR count). The summed E-state index contributed by atoms with van der Waals surface area (Å²) in [6.07, 6.45) is 4.91. The molecule has 2 aromatic rings. The van der Waals surface area contributed by atoms with Gasteiger partial charge in [-0.2, -0.15) is 0 Å². The zero-order valence-corrected chi connectivity index (χ0v) is 18.5. The van der Waals surface area contributed by atoms with E-state index in [4.69, 9.17) is 16.3 Å². The average molecular weight is 465 g/mol. The van der Waals surface area contributed by atoms with E-state index in [2.05, 4.69) is 5.32 Å². The SMILES string of the molecule is Cc1ccc(NC(=O)COC(=O)c2cccc(N3C(=O)[C@@H]4[C@H](C3=O)[C@H]3C=C[C@H]4C3)c2)cc1Cl. The molecule has 8 heteroatoms. The lowest BCUT2D eigenvalue weighted by atomic mass is 9.85. The number of carbonyl (C=O) groups excluding carboxylic acids is 4. The Balaban J connectivity index is 1.24. The van der Waals surface area contributed by atoms with Crippen LogP contribution in [-0.2, 0) is 19.1 Å². The molecule has 0 radical (unpaired) electrons. The van der Waals surface area contributed by atoms with Gasteiger partial charge in [-0.3, -0.25) is 14.4 Å². The van der Waals surface area contributed by atoms with E-state index < -0.39 is 18.5 Å². The second-order valence-corrected chi connectivity index (χ2v) is 9.06. The Kier molecular flexibility index (Phi) is 5.29. The largest absolute Gasteiger partial charge is 0.452 e. The number of ether oxygens (including phenoxy) is 1. The highest BCUT2D eigenvalue weighted by atomic mass is 35.5. The number of halogens is 1. The number of benzene rings is 2. The number of rotatable bonds is 5. The molecule has 0 unspecified atom stereocenters. The quantitative estimate of drug-likeness (QED) is 0.413. The topological polar surface area (TPSA) is 92.8 Å². The molecule has 168 valence electrons. The van der Waals surface area contributed by atoms with Gasteiger partial charge in [0.25, 0.3) is 5.91 Å². The Hall–Kier alpha value is -3.45. The third-order valence-corrected chi connectivity index (χ3v) is 7.01. The van der Waals surface area contributed by atoms with Crippen molar-refractivity contribution in [3.05, 3.63) is 70.8 Å². The Morgan fingerprint density at radius 2 is 1.76 bits per heavy atom. The molecular formula is C25H21ClN2O5. The van der Waals surface area contributed by atoms with Crippen molar-refractivity contribution >= 4 is 46.7 Å². The molecule has 1 N–H and O–H groups in total. The smallest absolute Gasteiger partial charge is 0.338 e. The van der Waals surface area contributed by atoms with Crippen LogP contribution < -0.4 is 10.2 Å². The first kappa shape index (κ1) is 21.4. The van der Waals surface area contributed by atoms with Crippen molar-refractivity contribution in [2.24, 2.45) is 23.7 Å². The summed E-state index contributed by atoms with van der Waals surface area (Å²) in [5, 5.41) is 3.13. The lowest BCUT2D eigenvalue weighted by molar-refractivity contribution is -0.123. The van der Waals surface area contributed by atoms with Crippen molar-refractivity contribution in [3.63, 3.8) is 0 Å². The lowest BCUT2D eigenvalue weighted by Gasteiger charge is -2.18. The van der Waals surface area contributed by atoms with Gasteiger partial charge in [-0.25, -0.2) is 9.69 Å². The van der Waals surface area contributed by atoms with Crippen LogP contribution in [0.15, 0.2) is 54.6 Å². The van der Waals surface area contributed by atoms with Gasteiger partial charge in [0, 0.05) is 10.7 Å². The molecule has 33 heavy (non-hydrogen) atoms. The Morgan fingerprint density at radius 1 is 1.06 bits per heavy atom. The van der Waals surface area contributed by atoms with Crippen molar-refractivity contribution < 1.29 is 23.9 Å². The highest BCUT2D eigenvalue weighted by Gasteiger charge is 2.59. The molecule has 1 saturated carbocycles. The molecule has 4 atom stereocenters. The number of fused-ring (bicyclic) bond motifs is 5. The van der Waals surface area contributed by atoms with Crippen LogP contribution in [0.3, 0.4) is 0 Å². The van der Waals surface area contributed by atoms with Crippen LogP contribution in [0.1, 0.15) is 22.3 Å². The number of imide groups is 1. The third-order valence-electron chi connectivity index (χ3n) is 6.60. The molecule has 0 aromatic heterocycles. The molecular weight excluding hydrogens is 444 g/mol. The number of aryl methyl sites for hydroxylation is 1. The summed E-state index contributed by atoms with van der Waals surface area (Å²) in [6, 6.07) is 11.3. The van der Waals surface area contributed by atoms with Gasteiger partial charge in [0.05, 0.1) is 23.1 Å². The normalized spacial score (nSPS) is 24.8. The van der Waals surface area contributed by atoms with Crippen LogP contribution in [0.4, 0.5) is 11.4 Å². The highest BCUT2D eigenvalue weighted by Crippen LogP contribution is 2.53. The van der Waals surface area contributed by atoms with E-state index in [1.165, 1.54) is 17.0 Å². The molecule has 2 bridgehead atoms. The van der Waals surface area contributed by atoms with Gasteiger partial charge in [-0.1, -0.05) is 35.9 Å². The molecule has 1 aliphatic heterocycles. The van der Waals surface area contributed by atoms with Crippen molar-refractivity contribution in [1.82, 2.24) is 0 Å². The maximum Gasteiger partial charge on any atom is 0.338 e. The molecule has 2 aromatic carbocycles. The molecule has 2 aliphatic carbocycles. The van der Waals surface area contributed by atoms with E-state index in [9.17, 15) is 19.2 Å². The minimum Gasteiger partial charge on any atom is -0.452 e. The summed E-state index contributed by atoms with van der Waals surface area (Å²) >= 11 is 6.05. The second kappa shape index (κ2) is 8.15. The molecule has 3 amide bonds. The van der Waals surface area contributed by atoms with Crippen LogP contribution >= 0.6 is 11.6 Å². The molecule has 2 fully saturated rings. The molecule has 1 heterocycles. The number of amides is 3. The van der Waals surface area contributed by atoms with Crippen LogP contribution in [0.5, 0.6) is 0 Å². The number of nitrogens with zero attached hydrogens (tertiary/aromatic N) is 1. The second-order valence-electron chi connectivity index (χ2n) is 8.65. The van der Waals surface area contributed by atoms with Crippen LogP contribution in [0.2, 0.25) is 5.02 Å². The van der Waals surface area contributed by atoms with Crippen LogP contribution in [0.25, 0.3) is 0 Å². The number of anilines is 2. The van der Waals surface area contributed by atoms with Gasteiger partial charge < -0.3 is 10.1 Å². The summed E-state index contributed by atoms with van der Waals surface area (Å²) in [7, 11) is 0. The first-order valence-electron chi connectivity index (χ1n) is 10.7. The van der Waals surface area contributed by atoms with E-state index in [1.54, 1.807) is 30.3 Å². The molecule has 3 aliphatic rings. The minimum absolute atomic E-state index is 0.108. The zero-order valence-electron chi connectivity index (χ0n) is 17.8. The molecule has 7 nitrogen and oxygen atoms in total. The average Bonchev–Trinajstić information content (AvgIpc) is 3.48. The van der Waals surface area contributed by atoms with Gasteiger partial charge in [0.2, 0.25) is 11.8 Å². The van der Waals surface area contributed by atoms with E-state index >= 15 is 0 Å². The third kappa shape index (κ3) is 3.72. The van der Waals surface area contributed by atoms with E-state index in [-0.39, 0.29) is 41.0 Å². The van der Waals surface area contributed by atoms with Crippen LogP contribution in [-0.4, -0.2) is 30.3 Å². The van der Waals surface area contributed by atoms with Gasteiger partial charge in [-0.05, 0) is 61.1 Å². The standard InChI is InChI=1S/C25H21ClN2O5/c1-13-5-8-17(11-19(13)26)27-20(29)12-33-25(32)16-3-2-4-18(10-16)28-23(30)21-14-6-7-15(9-14)22(21)24(28)31/h2-8,10-11,14-15,21-22H,9,12H2,1H3,(H,27,29)/t14-,15-,21-,22+/m0/s1. The summed E-state index contributed by atoms with van der Waals surface area (Å²) in [5.74, 6) is -2.10. The van der Waals surface area contributed by atoms with Crippen molar-refractivity contribution in [2.45, 2.75) is 13.3 Å². The number of nitrogens with one attached hydrogen (secondary N) is 1. The highest BCUT2D eigenvalue weighted by molar-refractivity contribution is 6.31. The monoisotopic (exact) mass is 464 g/mol. The molecule has 0 spiro atoms. The van der Waals surface area contributed by atoms with Gasteiger partial charge in [0.15, 0.2) is 6.61 Å². The Bertz CT molecular complexity index is 1190. The Morgan fingerprint density at radius 3 is 2.42 bits per heavy atom. The van der Waals surface area contributed by atoms with Crippen molar-refractivity contribution in [3.8, 4) is 0 Å². The minimum atomic E-state index is -0.727. The zero-order chi connectivity index (χ0) is 23.3. The fraction of sp³-hybridized carbons (Fsp3) is 0.280. The fourth-order valence-corrected chi connectivity index (χ4v) is 5.19. The Labute approximate surface area is 195 Å². The van der Waals surface area contributed by atoms with Crippen molar-refractivity contribution in [2.75, 3.05) is 16.8 Å². The molecule has 1 saturated heterocycles. The number of esters is 1. The van der Waals surface area contributed by atoms with Gasteiger partial charge in [0.1, 0.15) is 0 Å². The summed E-state index contributed by atoms with van der Waals surface area (Å²) in [5.41, 5.74) is 1.86. The fourth-order valence-electron chi connectivity index (χ4n) is 5.01. The van der Waals surface area contributed by atoms with E-state index in [1.807, 2.05) is 19.1 Å². The van der Waals surface area contributed by atoms with Gasteiger partial charge >= 0.3 is 5.97 Å².